The van der Waals surface area contributed by atoms with Gasteiger partial charge >= 0.3 is 0 Å². The van der Waals surface area contributed by atoms with Crippen LogP contribution in [0.15, 0.2) is 16.9 Å². The monoisotopic (exact) mass is 343 g/mol. The summed E-state index contributed by atoms with van der Waals surface area (Å²) in [6.45, 7) is 6.19. The Balaban J connectivity index is 1.59. The summed E-state index contributed by atoms with van der Waals surface area (Å²) >= 11 is 0. The molecule has 7 nitrogen and oxygen atoms in total. The van der Waals surface area contributed by atoms with Crippen molar-refractivity contribution in [3.05, 3.63) is 29.5 Å². The molecule has 1 atom stereocenters. The van der Waals surface area contributed by atoms with Gasteiger partial charge in [0.15, 0.2) is 0 Å². The van der Waals surface area contributed by atoms with E-state index in [9.17, 15) is 4.79 Å². The number of amides is 1. The normalized spacial score (nSPS) is 17.8. The molecule has 3 heterocycles. The van der Waals surface area contributed by atoms with Crippen LogP contribution in [0.3, 0.4) is 0 Å². The molecule has 0 N–H and O–H groups in total. The molecule has 1 amide bonds. The van der Waals surface area contributed by atoms with Crippen molar-refractivity contribution in [2.24, 2.45) is 5.92 Å². The van der Waals surface area contributed by atoms with Crippen molar-refractivity contribution >= 4 is 5.91 Å². The van der Waals surface area contributed by atoms with Crippen molar-refractivity contribution in [2.45, 2.75) is 26.7 Å². The summed E-state index contributed by atoms with van der Waals surface area (Å²) < 4.78 is 5.19. The van der Waals surface area contributed by atoms with E-state index >= 15 is 0 Å². The first-order valence-electron chi connectivity index (χ1n) is 8.60. The summed E-state index contributed by atoms with van der Waals surface area (Å²) in [7, 11) is 3.60. The van der Waals surface area contributed by atoms with Crippen LogP contribution < -0.4 is 0 Å². The number of carbonyl (C=O) groups is 1. The number of aryl methyl sites for hydroxylation is 2. The largest absolute Gasteiger partial charge is 0.361 e. The van der Waals surface area contributed by atoms with Gasteiger partial charge in [-0.15, -0.1) is 0 Å². The van der Waals surface area contributed by atoms with Gasteiger partial charge < -0.3 is 9.42 Å². The van der Waals surface area contributed by atoms with Crippen LogP contribution in [0, 0.1) is 19.8 Å². The smallest absolute Gasteiger partial charge is 0.236 e. The lowest BCUT2D eigenvalue weighted by Gasteiger charge is -2.18. The highest BCUT2D eigenvalue weighted by atomic mass is 16.5. The van der Waals surface area contributed by atoms with E-state index in [1.165, 1.54) is 0 Å². The molecular formula is C18H25N5O2. The zero-order chi connectivity index (χ0) is 18.0. The van der Waals surface area contributed by atoms with Crippen LogP contribution in [0.2, 0.25) is 0 Å². The van der Waals surface area contributed by atoms with E-state index in [4.69, 9.17) is 4.52 Å². The Hall–Kier alpha value is -2.28. The molecule has 1 aliphatic heterocycles. The molecule has 0 aliphatic carbocycles. The molecule has 2 aromatic heterocycles. The van der Waals surface area contributed by atoms with Crippen molar-refractivity contribution in [1.29, 1.82) is 0 Å². The number of hydrogen-bond donors (Lipinski definition) is 0. The average molecular weight is 343 g/mol. The summed E-state index contributed by atoms with van der Waals surface area (Å²) in [5.74, 6) is 1.44. The molecule has 0 unspecified atom stereocenters. The first-order chi connectivity index (χ1) is 11.9. The predicted octanol–water partition coefficient (Wildman–Crippen LogP) is 1.70. The first kappa shape index (κ1) is 17.5. The van der Waals surface area contributed by atoms with Gasteiger partial charge in [0.2, 0.25) is 5.91 Å². The van der Waals surface area contributed by atoms with Crippen LogP contribution in [-0.4, -0.2) is 64.6 Å². The molecule has 0 saturated carbocycles. The van der Waals surface area contributed by atoms with Gasteiger partial charge in [-0.05, 0) is 39.2 Å². The number of likely N-dealkylation sites (tertiary alicyclic amines) is 1. The molecule has 0 radical (unpaired) electrons. The average Bonchev–Trinajstić information content (AvgIpc) is 3.15. The summed E-state index contributed by atoms with van der Waals surface area (Å²) in [5, 5.41) is 3.96. The maximum absolute atomic E-state index is 11.8. The van der Waals surface area contributed by atoms with Gasteiger partial charge in [0.25, 0.3) is 0 Å². The Morgan fingerprint density at radius 2 is 2.12 bits per heavy atom. The second-order valence-electron chi connectivity index (χ2n) is 6.97. The quantitative estimate of drug-likeness (QED) is 0.822. The Labute approximate surface area is 148 Å². The topological polar surface area (TPSA) is 75.4 Å². The van der Waals surface area contributed by atoms with Crippen LogP contribution in [0.5, 0.6) is 0 Å². The number of hydrogen-bond acceptors (Lipinski definition) is 6. The second kappa shape index (κ2) is 7.31. The molecular weight excluding hydrogens is 318 g/mol. The van der Waals surface area contributed by atoms with E-state index < -0.39 is 0 Å². The minimum atomic E-state index is 0.157. The molecule has 0 bridgehead atoms. The second-order valence-corrected chi connectivity index (χ2v) is 6.97. The van der Waals surface area contributed by atoms with E-state index in [1.54, 1.807) is 25.2 Å². The highest BCUT2D eigenvalue weighted by Gasteiger charge is 2.25. The summed E-state index contributed by atoms with van der Waals surface area (Å²) in [6.07, 6.45) is 5.62. The number of rotatable bonds is 5. The van der Waals surface area contributed by atoms with Crippen molar-refractivity contribution in [3.63, 3.8) is 0 Å². The molecule has 1 aliphatic rings. The molecule has 2 aromatic rings. The van der Waals surface area contributed by atoms with Gasteiger partial charge in [-0.1, -0.05) is 5.16 Å². The summed E-state index contributed by atoms with van der Waals surface area (Å²) in [5.41, 5.74) is 3.54. The third-order valence-corrected chi connectivity index (χ3v) is 4.72. The zero-order valence-electron chi connectivity index (χ0n) is 15.3. The van der Waals surface area contributed by atoms with Crippen LogP contribution in [0.1, 0.15) is 23.6 Å². The van der Waals surface area contributed by atoms with Crippen molar-refractivity contribution in [1.82, 2.24) is 24.9 Å². The van der Waals surface area contributed by atoms with Crippen molar-refractivity contribution in [2.75, 3.05) is 33.7 Å². The fourth-order valence-corrected chi connectivity index (χ4v) is 3.29. The summed E-state index contributed by atoms with van der Waals surface area (Å²) in [6, 6.07) is 0. The lowest BCUT2D eigenvalue weighted by atomic mass is 10.0. The van der Waals surface area contributed by atoms with Crippen molar-refractivity contribution < 1.29 is 9.32 Å². The third-order valence-electron chi connectivity index (χ3n) is 4.72. The Bertz CT molecular complexity index is 719. The van der Waals surface area contributed by atoms with Gasteiger partial charge in [-0.25, -0.2) is 0 Å². The first-order valence-corrected chi connectivity index (χ1v) is 8.60. The molecule has 1 fully saturated rings. The van der Waals surface area contributed by atoms with Crippen molar-refractivity contribution in [3.8, 4) is 11.3 Å². The molecule has 7 heteroatoms. The highest BCUT2D eigenvalue weighted by molar-refractivity contribution is 5.77. The SMILES string of the molecule is Cc1noc(C)c1-c1cnc(C[C@@H]2CCN(CC(=O)N(C)C)C2)cn1. The Morgan fingerprint density at radius 3 is 2.72 bits per heavy atom. The zero-order valence-corrected chi connectivity index (χ0v) is 15.3. The van der Waals surface area contributed by atoms with Crippen LogP contribution in [0.4, 0.5) is 0 Å². The van der Waals surface area contributed by atoms with E-state index in [0.717, 1.165) is 54.3 Å². The van der Waals surface area contributed by atoms with Crippen LogP contribution in [0.25, 0.3) is 11.3 Å². The van der Waals surface area contributed by atoms with Gasteiger partial charge in [0.1, 0.15) is 5.76 Å². The van der Waals surface area contributed by atoms with E-state index in [0.29, 0.717) is 12.5 Å². The van der Waals surface area contributed by atoms with E-state index in [1.807, 2.05) is 20.0 Å². The number of likely N-dealkylation sites (N-methyl/N-ethyl adjacent to an activating group) is 1. The predicted molar refractivity (Wildman–Crippen MR) is 93.9 cm³/mol. The standard InChI is InChI=1S/C18H25N5O2/c1-12-18(13(2)25-21-12)16-9-19-15(8-20-16)7-14-5-6-23(10-14)11-17(24)22(3)4/h8-9,14H,5-7,10-11H2,1-4H3/t14-/m0/s1. The van der Waals surface area contributed by atoms with Crippen LogP contribution in [-0.2, 0) is 11.2 Å². The highest BCUT2D eigenvalue weighted by Crippen LogP contribution is 2.25. The molecule has 0 spiro atoms. The number of nitrogens with zero attached hydrogens (tertiary/aromatic N) is 5. The van der Waals surface area contributed by atoms with E-state index in [2.05, 4.69) is 20.0 Å². The fourth-order valence-electron chi connectivity index (χ4n) is 3.29. The minimum Gasteiger partial charge on any atom is -0.361 e. The lowest BCUT2D eigenvalue weighted by Crippen LogP contribution is -2.35. The van der Waals surface area contributed by atoms with E-state index in [-0.39, 0.29) is 5.91 Å². The number of carbonyl (C=O) groups excluding carboxylic acids is 1. The molecule has 1 saturated heterocycles. The van der Waals surface area contributed by atoms with Crippen LogP contribution >= 0.6 is 0 Å². The molecule has 134 valence electrons. The van der Waals surface area contributed by atoms with Gasteiger partial charge in [0.05, 0.1) is 35.4 Å². The third kappa shape index (κ3) is 4.04. The van der Waals surface area contributed by atoms with Gasteiger partial charge in [-0.2, -0.15) is 0 Å². The number of aromatic nitrogens is 3. The molecule has 0 aromatic carbocycles. The Morgan fingerprint density at radius 1 is 1.32 bits per heavy atom. The minimum absolute atomic E-state index is 0.157. The fraction of sp³-hybridized carbons (Fsp3) is 0.556. The molecule has 3 rings (SSSR count). The lowest BCUT2D eigenvalue weighted by molar-refractivity contribution is -0.129. The van der Waals surface area contributed by atoms with Gasteiger partial charge in [-0.3, -0.25) is 19.7 Å². The Kier molecular flexibility index (Phi) is 5.13. The van der Waals surface area contributed by atoms with Gasteiger partial charge in [0, 0.05) is 26.8 Å². The summed E-state index contributed by atoms with van der Waals surface area (Å²) in [4.78, 5) is 24.8. The molecule has 25 heavy (non-hydrogen) atoms. The maximum atomic E-state index is 11.8. The maximum Gasteiger partial charge on any atom is 0.236 e.